The topological polar surface area (TPSA) is 72.5 Å². The third-order valence-electron chi connectivity index (χ3n) is 1.61. The Bertz CT molecular complexity index is 154. The lowest BCUT2D eigenvalue weighted by atomic mass is 10.3. The second-order valence-electron chi connectivity index (χ2n) is 2.87. The van der Waals surface area contributed by atoms with Gasteiger partial charge in [-0.15, -0.1) is 0 Å². The maximum absolute atomic E-state index is 10.4. The number of hydrogen-bond donors (Lipinski definition) is 2. The summed E-state index contributed by atoms with van der Waals surface area (Å²) in [5.74, 6) is -0.480. The Balaban J connectivity index is 3.45. The molecule has 0 aromatic rings. The number of carbonyl (C=O) groups is 1. The van der Waals surface area contributed by atoms with Gasteiger partial charge in [-0.1, -0.05) is 6.92 Å². The van der Waals surface area contributed by atoms with Gasteiger partial charge in [-0.2, -0.15) is 11.8 Å². The highest BCUT2D eigenvalue weighted by molar-refractivity contribution is 7.99. The Hall–Kier alpha value is -0.260. The lowest BCUT2D eigenvalue weighted by molar-refractivity contribution is -0.137. The largest absolute Gasteiger partial charge is 0.480 e. The first-order valence-electron chi connectivity index (χ1n) is 4.16. The van der Waals surface area contributed by atoms with E-state index in [0.29, 0.717) is 17.6 Å². The van der Waals surface area contributed by atoms with Crippen LogP contribution in [0.1, 0.15) is 13.3 Å². The summed E-state index contributed by atoms with van der Waals surface area (Å²) < 4.78 is 4.91. The summed E-state index contributed by atoms with van der Waals surface area (Å²) in [4.78, 5) is 10.4. The molecule has 0 bridgehead atoms. The molecule has 2 atom stereocenters. The summed E-state index contributed by atoms with van der Waals surface area (Å²) >= 11 is 1.57. The molecule has 0 fully saturated rings. The van der Waals surface area contributed by atoms with Crippen LogP contribution in [-0.2, 0) is 9.53 Å². The standard InChI is InChI=1S/C8H17NO3S/c1-6(3-4-12-2)13-5-7(9)8(10)11/h6-7H,3-5,9H2,1-2H3,(H,10,11). The lowest BCUT2D eigenvalue weighted by Crippen LogP contribution is -2.33. The summed E-state index contributed by atoms with van der Waals surface area (Å²) in [6, 6.07) is -0.755. The molecule has 0 radical (unpaired) electrons. The quantitative estimate of drug-likeness (QED) is 0.638. The van der Waals surface area contributed by atoms with Crippen molar-refractivity contribution in [1.82, 2.24) is 0 Å². The Morgan fingerprint density at radius 3 is 2.77 bits per heavy atom. The molecule has 0 heterocycles. The van der Waals surface area contributed by atoms with E-state index in [-0.39, 0.29) is 0 Å². The lowest BCUT2D eigenvalue weighted by Gasteiger charge is -2.12. The molecule has 0 aliphatic rings. The molecule has 78 valence electrons. The molecule has 0 spiro atoms. The number of thioether (sulfide) groups is 1. The highest BCUT2D eigenvalue weighted by atomic mass is 32.2. The van der Waals surface area contributed by atoms with Crippen molar-refractivity contribution in [3.8, 4) is 0 Å². The fourth-order valence-corrected chi connectivity index (χ4v) is 1.65. The molecule has 3 N–H and O–H groups in total. The molecular weight excluding hydrogens is 190 g/mol. The van der Waals surface area contributed by atoms with Crippen LogP contribution in [0.25, 0.3) is 0 Å². The van der Waals surface area contributed by atoms with Crippen molar-refractivity contribution >= 4 is 17.7 Å². The van der Waals surface area contributed by atoms with E-state index < -0.39 is 12.0 Å². The number of carboxylic acid groups (broad SMARTS) is 1. The highest BCUT2D eigenvalue weighted by Crippen LogP contribution is 2.14. The SMILES string of the molecule is COCCC(C)SCC(N)C(=O)O. The molecule has 0 aliphatic carbocycles. The van der Waals surface area contributed by atoms with Crippen molar-refractivity contribution in [2.45, 2.75) is 24.6 Å². The van der Waals surface area contributed by atoms with Crippen molar-refractivity contribution in [1.29, 1.82) is 0 Å². The molecule has 0 aromatic heterocycles. The van der Waals surface area contributed by atoms with Gasteiger partial charge in [0, 0.05) is 24.7 Å². The predicted octanol–water partition coefficient (Wildman–Crippen LogP) is 0.556. The molecule has 2 unspecified atom stereocenters. The van der Waals surface area contributed by atoms with Gasteiger partial charge in [0.1, 0.15) is 6.04 Å². The molecule has 13 heavy (non-hydrogen) atoms. The van der Waals surface area contributed by atoms with E-state index in [9.17, 15) is 4.79 Å². The van der Waals surface area contributed by atoms with Gasteiger partial charge in [-0.3, -0.25) is 4.79 Å². The maximum atomic E-state index is 10.4. The van der Waals surface area contributed by atoms with E-state index in [1.165, 1.54) is 0 Å². The molecule has 0 saturated heterocycles. The molecule has 0 rings (SSSR count). The second kappa shape index (κ2) is 7.17. The van der Waals surface area contributed by atoms with Crippen molar-refractivity contribution < 1.29 is 14.6 Å². The minimum atomic E-state index is -0.938. The van der Waals surface area contributed by atoms with Crippen LogP contribution in [0.15, 0.2) is 0 Å². The second-order valence-corrected chi connectivity index (χ2v) is 4.34. The number of carboxylic acids is 1. The van der Waals surface area contributed by atoms with Gasteiger partial charge in [0.05, 0.1) is 0 Å². The van der Waals surface area contributed by atoms with Crippen LogP contribution < -0.4 is 5.73 Å². The maximum Gasteiger partial charge on any atom is 0.321 e. The van der Waals surface area contributed by atoms with Gasteiger partial charge < -0.3 is 15.6 Å². The Kier molecular flexibility index (Phi) is 7.03. The molecule has 4 nitrogen and oxygen atoms in total. The van der Waals surface area contributed by atoms with Gasteiger partial charge >= 0.3 is 5.97 Å². The minimum Gasteiger partial charge on any atom is -0.480 e. The number of methoxy groups -OCH3 is 1. The summed E-state index contributed by atoms with van der Waals surface area (Å²) in [5.41, 5.74) is 5.34. The number of hydrogen-bond acceptors (Lipinski definition) is 4. The zero-order valence-electron chi connectivity index (χ0n) is 8.03. The van der Waals surface area contributed by atoms with Crippen molar-refractivity contribution in [2.24, 2.45) is 5.73 Å². The average Bonchev–Trinajstić information content (AvgIpc) is 2.10. The summed E-state index contributed by atoms with van der Waals surface area (Å²) in [5, 5.41) is 8.90. The zero-order valence-corrected chi connectivity index (χ0v) is 8.84. The zero-order chi connectivity index (χ0) is 10.3. The van der Waals surface area contributed by atoms with E-state index in [4.69, 9.17) is 15.6 Å². The molecule has 0 saturated carbocycles. The van der Waals surface area contributed by atoms with E-state index >= 15 is 0 Å². The van der Waals surface area contributed by atoms with Crippen LogP contribution in [0.5, 0.6) is 0 Å². The van der Waals surface area contributed by atoms with Gasteiger partial charge in [0.15, 0.2) is 0 Å². The molecule has 0 amide bonds. The van der Waals surface area contributed by atoms with Crippen molar-refractivity contribution in [3.63, 3.8) is 0 Å². The summed E-state index contributed by atoms with van der Waals surface area (Å²) in [6.07, 6.45) is 0.924. The van der Waals surface area contributed by atoms with E-state index in [2.05, 4.69) is 0 Å². The van der Waals surface area contributed by atoms with E-state index in [1.54, 1.807) is 18.9 Å². The van der Waals surface area contributed by atoms with Crippen molar-refractivity contribution in [2.75, 3.05) is 19.5 Å². The average molecular weight is 207 g/mol. The Morgan fingerprint density at radius 1 is 1.69 bits per heavy atom. The van der Waals surface area contributed by atoms with Crippen LogP contribution in [0.3, 0.4) is 0 Å². The van der Waals surface area contributed by atoms with Gasteiger partial charge in [-0.05, 0) is 6.42 Å². The smallest absolute Gasteiger partial charge is 0.321 e. The van der Waals surface area contributed by atoms with Crippen LogP contribution >= 0.6 is 11.8 Å². The minimum absolute atomic E-state index is 0.394. The van der Waals surface area contributed by atoms with Crippen molar-refractivity contribution in [3.05, 3.63) is 0 Å². The van der Waals surface area contributed by atoms with Gasteiger partial charge in [0.2, 0.25) is 0 Å². The first-order chi connectivity index (χ1) is 6.07. The number of aliphatic carboxylic acids is 1. The van der Waals surface area contributed by atoms with E-state index in [1.807, 2.05) is 6.92 Å². The van der Waals surface area contributed by atoms with Gasteiger partial charge in [0.25, 0.3) is 0 Å². The van der Waals surface area contributed by atoms with E-state index in [0.717, 1.165) is 6.42 Å². The van der Waals surface area contributed by atoms with Crippen LogP contribution in [0, 0.1) is 0 Å². The molecule has 0 aromatic carbocycles. The third kappa shape index (κ3) is 6.86. The molecule has 0 aliphatic heterocycles. The predicted molar refractivity (Wildman–Crippen MR) is 54.0 cm³/mol. The number of ether oxygens (including phenoxy) is 1. The van der Waals surface area contributed by atoms with Gasteiger partial charge in [-0.25, -0.2) is 0 Å². The summed E-state index contributed by atoms with van der Waals surface area (Å²) in [6.45, 7) is 2.74. The highest BCUT2D eigenvalue weighted by Gasteiger charge is 2.13. The number of nitrogens with two attached hydrogens (primary N) is 1. The number of rotatable bonds is 7. The first kappa shape index (κ1) is 12.7. The first-order valence-corrected chi connectivity index (χ1v) is 5.21. The molecule has 5 heteroatoms. The third-order valence-corrected chi connectivity index (χ3v) is 2.96. The Labute approximate surface area is 82.8 Å². The van der Waals surface area contributed by atoms with Crippen LogP contribution in [-0.4, -0.2) is 41.8 Å². The monoisotopic (exact) mass is 207 g/mol. The fourth-order valence-electron chi connectivity index (χ4n) is 0.706. The summed E-state index contributed by atoms with van der Waals surface area (Å²) in [7, 11) is 1.65. The normalized spacial score (nSPS) is 15.3. The van der Waals surface area contributed by atoms with Crippen LogP contribution in [0.4, 0.5) is 0 Å². The molecular formula is C8H17NO3S. The fraction of sp³-hybridized carbons (Fsp3) is 0.875. The Morgan fingerprint density at radius 2 is 2.31 bits per heavy atom. The van der Waals surface area contributed by atoms with Crippen LogP contribution in [0.2, 0.25) is 0 Å².